The summed E-state index contributed by atoms with van der Waals surface area (Å²) in [5, 5.41) is 6.31. The summed E-state index contributed by atoms with van der Waals surface area (Å²) in [6.07, 6.45) is 3.44. The highest BCUT2D eigenvalue weighted by molar-refractivity contribution is 9.10. The zero-order valence-corrected chi connectivity index (χ0v) is 14.3. The standard InChI is InChI=1S/C16H23BrN2O2/c1-3-6-18-15(20)10-21-16-11(2)7-13(17)8-12(16)9-19-14-4-5-14/h7-8,14,19H,3-6,9-10H2,1-2H3,(H,18,20). The van der Waals surface area contributed by atoms with Crippen molar-refractivity contribution in [2.75, 3.05) is 13.2 Å². The van der Waals surface area contributed by atoms with Crippen LogP contribution in [0, 0.1) is 6.92 Å². The van der Waals surface area contributed by atoms with Crippen molar-refractivity contribution in [3.8, 4) is 5.75 Å². The number of hydrogen-bond donors (Lipinski definition) is 2. The van der Waals surface area contributed by atoms with E-state index < -0.39 is 0 Å². The summed E-state index contributed by atoms with van der Waals surface area (Å²) in [5.74, 6) is 0.748. The lowest BCUT2D eigenvalue weighted by molar-refractivity contribution is -0.123. The molecular weight excluding hydrogens is 332 g/mol. The predicted molar refractivity (Wildman–Crippen MR) is 87.5 cm³/mol. The van der Waals surface area contributed by atoms with Crippen molar-refractivity contribution in [3.05, 3.63) is 27.7 Å². The van der Waals surface area contributed by atoms with Crippen LogP contribution in [0.1, 0.15) is 37.3 Å². The second-order valence-corrected chi connectivity index (χ2v) is 6.42. The quantitative estimate of drug-likeness (QED) is 0.754. The minimum atomic E-state index is -0.0692. The van der Waals surface area contributed by atoms with E-state index in [0.29, 0.717) is 12.6 Å². The number of rotatable bonds is 8. The molecule has 21 heavy (non-hydrogen) atoms. The molecule has 2 N–H and O–H groups in total. The van der Waals surface area contributed by atoms with Gasteiger partial charge in [-0.3, -0.25) is 4.79 Å². The van der Waals surface area contributed by atoms with Gasteiger partial charge in [0.15, 0.2) is 6.61 Å². The fourth-order valence-electron chi connectivity index (χ4n) is 2.13. The lowest BCUT2D eigenvalue weighted by Crippen LogP contribution is -2.29. The maximum atomic E-state index is 11.7. The zero-order valence-electron chi connectivity index (χ0n) is 12.7. The first-order chi connectivity index (χ1) is 10.1. The number of halogens is 1. The Kier molecular flexibility index (Phi) is 6.06. The van der Waals surface area contributed by atoms with Gasteiger partial charge in [-0.2, -0.15) is 0 Å². The summed E-state index contributed by atoms with van der Waals surface area (Å²) in [7, 11) is 0. The molecule has 0 saturated heterocycles. The number of carbonyl (C=O) groups is 1. The van der Waals surface area contributed by atoms with Gasteiger partial charge in [-0.15, -0.1) is 0 Å². The molecule has 1 aliphatic carbocycles. The molecule has 1 amide bonds. The number of nitrogens with one attached hydrogen (secondary N) is 2. The van der Waals surface area contributed by atoms with Gasteiger partial charge >= 0.3 is 0 Å². The topological polar surface area (TPSA) is 50.4 Å². The Morgan fingerprint density at radius 2 is 2.19 bits per heavy atom. The van der Waals surface area contributed by atoms with E-state index in [0.717, 1.165) is 34.3 Å². The van der Waals surface area contributed by atoms with E-state index in [4.69, 9.17) is 4.74 Å². The van der Waals surface area contributed by atoms with Gasteiger partial charge in [0, 0.05) is 29.2 Å². The van der Waals surface area contributed by atoms with Crippen LogP contribution in [0.5, 0.6) is 5.75 Å². The van der Waals surface area contributed by atoms with Crippen LogP contribution in [-0.2, 0) is 11.3 Å². The van der Waals surface area contributed by atoms with E-state index in [-0.39, 0.29) is 12.5 Å². The zero-order chi connectivity index (χ0) is 15.2. The second-order valence-electron chi connectivity index (χ2n) is 5.50. The molecule has 1 aromatic carbocycles. The SMILES string of the molecule is CCCNC(=O)COc1c(C)cc(Br)cc1CNC1CC1. The lowest BCUT2D eigenvalue weighted by atomic mass is 10.1. The summed E-state index contributed by atoms with van der Waals surface area (Å²) < 4.78 is 6.80. The van der Waals surface area contributed by atoms with Crippen LogP contribution < -0.4 is 15.4 Å². The predicted octanol–water partition coefficient (Wildman–Crippen LogP) is 2.91. The molecule has 1 aliphatic rings. The van der Waals surface area contributed by atoms with Gasteiger partial charge in [0.05, 0.1) is 0 Å². The summed E-state index contributed by atoms with van der Waals surface area (Å²) in [4.78, 5) is 11.7. The van der Waals surface area contributed by atoms with Crippen LogP contribution >= 0.6 is 15.9 Å². The molecule has 1 fully saturated rings. The molecule has 1 aromatic rings. The monoisotopic (exact) mass is 354 g/mol. The summed E-state index contributed by atoms with van der Waals surface area (Å²) in [6.45, 7) is 5.57. The molecule has 0 spiro atoms. The Morgan fingerprint density at radius 3 is 2.86 bits per heavy atom. The smallest absolute Gasteiger partial charge is 0.257 e. The maximum absolute atomic E-state index is 11.7. The molecule has 0 aromatic heterocycles. The van der Waals surface area contributed by atoms with Crippen LogP contribution in [-0.4, -0.2) is 25.1 Å². The third kappa shape index (κ3) is 5.32. The van der Waals surface area contributed by atoms with Crippen LogP contribution in [0.2, 0.25) is 0 Å². The number of aryl methyl sites for hydroxylation is 1. The van der Waals surface area contributed by atoms with Crippen molar-refractivity contribution in [1.29, 1.82) is 0 Å². The number of carbonyl (C=O) groups excluding carboxylic acids is 1. The van der Waals surface area contributed by atoms with Gasteiger partial charge in [-0.05, 0) is 43.9 Å². The molecule has 5 heteroatoms. The Morgan fingerprint density at radius 1 is 1.43 bits per heavy atom. The van der Waals surface area contributed by atoms with Gasteiger partial charge in [0.1, 0.15) is 5.75 Å². The molecular formula is C16H23BrN2O2. The van der Waals surface area contributed by atoms with Gasteiger partial charge in [-0.25, -0.2) is 0 Å². The third-order valence-electron chi connectivity index (χ3n) is 3.39. The highest BCUT2D eigenvalue weighted by Gasteiger charge is 2.21. The van der Waals surface area contributed by atoms with Crippen LogP contribution in [0.3, 0.4) is 0 Å². The van der Waals surface area contributed by atoms with Gasteiger partial charge < -0.3 is 15.4 Å². The first-order valence-electron chi connectivity index (χ1n) is 7.52. The number of benzene rings is 1. The Bertz CT molecular complexity index is 501. The number of ether oxygens (including phenoxy) is 1. The summed E-state index contributed by atoms with van der Waals surface area (Å²) in [5.41, 5.74) is 2.14. The average Bonchev–Trinajstić information content (AvgIpc) is 3.25. The minimum Gasteiger partial charge on any atom is -0.483 e. The van der Waals surface area contributed by atoms with Crippen molar-refractivity contribution in [2.45, 2.75) is 45.7 Å². The molecule has 0 heterocycles. The highest BCUT2D eigenvalue weighted by atomic mass is 79.9. The highest BCUT2D eigenvalue weighted by Crippen LogP contribution is 2.29. The Hall–Kier alpha value is -1.07. The molecule has 2 rings (SSSR count). The van der Waals surface area contributed by atoms with Crippen LogP contribution in [0.4, 0.5) is 0 Å². The molecule has 0 aliphatic heterocycles. The van der Waals surface area contributed by atoms with Crippen molar-refractivity contribution in [3.63, 3.8) is 0 Å². The van der Waals surface area contributed by atoms with Crippen molar-refractivity contribution >= 4 is 21.8 Å². The second kappa shape index (κ2) is 7.80. The van der Waals surface area contributed by atoms with Crippen molar-refractivity contribution in [2.24, 2.45) is 0 Å². The van der Waals surface area contributed by atoms with Crippen LogP contribution in [0.25, 0.3) is 0 Å². The first kappa shape index (κ1) is 16.3. The van der Waals surface area contributed by atoms with E-state index >= 15 is 0 Å². The van der Waals surface area contributed by atoms with Gasteiger partial charge in [0.25, 0.3) is 5.91 Å². The fourth-order valence-corrected chi connectivity index (χ4v) is 2.75. The normalized spacial score (nSPS) is 14.0. The molecule has 0 unspecified atom stereocenters. The molecule has 0 bridgehead atoms. The Balaban J connectivity index is 1.99. The Labute approximate surface area is 134 Å². The lowest BCUT2D eigenvalue weighted by Gasteiger charge is -2.15. The summed E-state index contributed by atoms with van der Waals surface area (Å²) in [6, 6.07) is 4.71. The fraction of sp³-hybridized carbons (Fsp3) is 0.562. The summed E-state index contributed by atoms with van der Waals surface area (Å²) >= 11 is 3.52. The van der Waals surface area contributed by atoms with Crippen LogP contribution in [0.15, 0.2) is 16.6 Å². The molecule has 1 saturated carbocycles. The molecule has 0 atom stereocenters. The van der Waals surface area contributed by atoms with E-state index in [1.54, 1.807) is 0 Å². The minimum absolute atomic E-state index is 0.0684. The van der Waals surface area contributed by atoms with Gasteiger partial charge in [0.2, 0.25) is 0 Å². The van der Waals surface area contributed by atoms with E-state index in [1.165, 1.54) is 12.8 Å². The molecule has 116 valence electrons. The molecule has 0 radical (unpaired) electrons. The average molecular weight is 355 g/mol. The largest absolute Gasteiger partial charge is 0.483 e. The maximum Gasteiger partial charge on any atom is 0.257 e. The molecule has 4 nitrogen and oxygen atoms in total. The third-order valence-corrected chi connectivity index (χ3v) is 3.85. The first-order valence-corrected chi connectivity index (χ1v) is 8.31. The van der Waals surface area contributed by atoms with E-state index in [1.807, 2.05) is 19.9 Å². The van der Waals surface area contributed by atoms with Gasteiger partial charge in [-0.1, -0.05) is 22.9 Å². The number of hydrogen-bond acceptors (Lipinski definition) is 3. The van der Waals surface area contributed by atoms with Crippen molar-refractivity contribution in [1.82, 2.24) is 10.6 Å². The van der Waals surface area contributed by atoms with E-state index in [9.17, 15) is 4.79 Å². The number of amides is 1. The van der Waals surface area contributed by atoms with E-state index in [2.05, 4.69) is 32.6 Å². The van der Waals surface area contributed by atoms with Crippen molar-refractivity contribution < 1.29 is 9.53 Å².